The Kier molecular flexibility index (Phi) is 9.64. The van der Waals surface area contributed by atoms with Crippen molar-refractivity contribution in [3.05, 3.63) is 60.9 Å². The molecule has 5 heteroatoms. The summed E-state index contributed by atoms with van der Waals surface area (Å²) in [6, 6.07) is 16.6. The molecule has 0 aliphatic carbocycles. The zero-order valence-corrected chi connectivity index (χ0v) is 21.8. The van der Waals surface area contributed by atoms with Crippen molar-refractivity contribution in [2.45, 2.75) is 75.0 Å². The average Bonchev–Trinajstić information content (AvgIpc) is 2.88. The van der Waals surface area contributed by atoms with Crippen LogP contribution in [-0.2, 0) is 0 Å². The molecule has 0 aliphatic rings. The second-order valence-electron chi connectivity index (χ2n) is 8.90. The van der Waals surface area contributed by atoms with E-state index in [9.17, 15) is 0 Å². The molecule has 184 valence electrons. The SMILES string of the molecule is CCCCCCOc1ccc2c(Sc3ccnc4cc(OCCCCCC)ccc34)ccnc2c1. The predicted octanol–water partition coefficient (Wildman–Crippen LogP) is 8.85. The summed E-state index contributed by atoms with van der Waals surface area (Å²) in [5.41, 5.74) is 1.91. The molecule has 0 unspecified atom stereocenters. The second kappa shape index (κ2) is 13.3. The number of benzene rings is 2. The molecule has 2 aromatic carbocycles. The number of rotatable bonds is 14. The Labute approximate surface area is 213 Å². The molecule has 0 aliphatic heterocycles. The number of unbranched alkanes of at least 4 members (excludes halogenated alkanes) is 6. The molecular weight excluding hydrogens is 452 g/mol. The van der Waals surface area contributed by atoms with E-state index in [-0.39, 0.29) is 0 Å². The first-order chi connectivity index (χ1) is 17.3. The molecule has 0 atom stereocenters. The van der Waals surface area contributed by atoms with Gasteiger partial charge in [-0.3, -0.25) is 9.97 Å². The lowest BCUT2D eigenvalue weighted by molar-refractivity contribution is 0.305. The molecular formula is C30H36N2O2S. The Morgan fingerprint density at radius 1 is 0.600 bits per heavy atom. The number of ether oxygens (including phenoxy) is 2. The van der Waals surface area contributed by atoms with Crippen LogP contribution >= 0.6 is 11.8 Å². The van der Waals surface area contributed by atoms with Crippen LogP contribution in [0.3, 0.4) is 0 Å². The first-order valence-electron chi connectivity index (χ1n) is 13.0. The van der Waals surface area contributed by atoms with Gasteiger partial charge in [0.1, 0.15) is 11.5 Å². The number of hydrogen-bond acceptors (Lipinski definition) is 5. The van der Waals surface area contributed by atoms with Crippen LogP contribution in [0.5, 0.6) is 11.5 Å². The molecule has 0 N–H and O–H groups in total. The van der Waals surface area contributed by atoms with Crippen LogP contribution in [0.15, 0.2) is 70.7 Å². The Balaban J connectivity index is 1.46. The first-order valence-corrected chi connectivity index (χ1v) is 13.8. The summed E-state index contributed by atoms with van der Waals surface area (Å²) in [4.78, 5) is 11.5. The maximum atomic E-state index is 5.97. The maximum Gasteiger partial charge on any atom is 0.121 e. The third kappa shape index (κ3) is 7.11. The van der Waals surface area contributed by atoms with E-state index in [0.717, 1.165) is 59.4 Å². The van der Waals surface area contributed by atoms with Crippen molar-refractivity contribution in [3.63, 3.8) is 0 Å². The fourth-order valence-electron chi connectivity index (χ4n) is 4.12. The van der Waals surface area contributed by atoms with Gasteiger partial charge in [-0.05, 0) is 49.2 Å². The summed E-state index contributed by atoms with van der Waals surface area (Å²) < 4.78 is 11.9. The van der Waals surface area contributed by atoms with Gasteiger partial charge in [0, 0.05) is 45.1 Å². The molecule has 0 saturated carbocycles. The van der Waals surface area contributed by atoms with Gasteiger partial charge in [-0.1, -0.05) is 64.1 Å². The van der Waals surface area contributed by atoms with E-state index in [2.05, 4.69) is 60.2 Å². The van der Waals surface area contributed by atoms with Crippen molar-refractivity contribution in [2.75, 3.05) is 13.2 Å². The fraction of sp³-hybridized carbons (Fsp3) is 0.400. The van der Waals surface area contributed by atoms with E-state index in [0.29, 0.717) is 0 Å². The predicted molar refractivity (Wildman–Crippen MR) is 147 cm³/mol. The Morgan fingerprint density at radius 3 is 1.54 bits per heavy atom. The molecule has 0 bridgehead atoms. The number of pyridine rings is 2. The van der Waals surface area contributed by atoms with Gasteiger partial charge >= 0.3 is 0 Å². The van der Waals surface area contributed by atoms with Crippen molar-refractivity contribution < 1.29 is 9.47 Å². The van der Waals surface area contributed by atoms with Crippen molar-refractivity contribution in [1.29, 1.82) is 0 Å². The van der Waals surface area contributed by atoms with E-state index in [4.69, 9.17) is 9.47 Å². The van der Waals surface area contributed by atoms with Crippen molar-refractivity contribution in [1.82, 2.24) is 9.97 Å². The van der Waals surface area contributed by atoms with Crippen molar-refractivity contribution in [3.8, 4) is 11.5 Å². The summed E-state index contributed by atoms with van der Waals surface area (Å²) in [5.74, 6) is 1.78. The number of hydrogen-bond donors (Lipinski definition) is 0. The minimum absolute atomic E-state index is 0.757. The van der Waals surface area contributed by atoms with Crippen LogP contribution in [0.25, 0.3) is 21.8 Å². The minimum atomic E-state index is 0.757. The van der Waals surface area contributed by atoms with E-state index >= 15 is 0 Å². The first kappa shape index (κ1) is 25.3. The molecule has 0 spiro atoms. The van der Waals surface area contributed by atoms with Crippen molar-refractivity contribution >= 4 is 33.6 Å². The summed E-state index contributed by atoms with van der Waals surface area (Å²) in [6.07, 6.45) is 13.4. The van der Waals surface area contributed by atoms with E-state index in [1.54, 1.807) is 11.8 Å². The monoisotopic (exact) mass is 488 g/mol. The quantitative estimate of drug-likeness (QED) is 0.166. The van der Waals surface area contributed by atoms with Crippen LogP contribution in [-0.4, -0.2) is 23.2 Å². The van der Waals surface area contributed by atoms with Gasteiger partial charge in [0.25, 0.3) is 0 Å². The Bertz CT molecular complexity index is 1130. The summed E-state index contributed by atoms with van der Waals surface area (Å²) >= 11 is 1.75. The highest BCUT2D eigenvalue weighted by Gasteiger charge is 2.10. The van der Waals surface area contributed by atoms with Gasteiger partial charge in [-0.15, -0.1) is 0 Å². The van der Waals surface area contributed by atoms with E-state index in [1.165, 1.54) is 48.3 Å². The van der Waals surface area contributed by atoms with Gasteiger partial charge < -0.3 is 9.47 Å². The number of aromatic nitrogens is 2. The standard InChI is InChI=1S/C30H36N2O2S/c1-3-5-7-9-19-33-23-11-13-25-27(21-23)31-17-15-29(25)35-30-16-18-32-28-22-24(12-14-26(28)30)34-20-10-8-6-4-2/h11-18,21-22H,3-10,19-20H2,1-2H3. The van der Waals surface area contributed by atoms with Crippen LogP contribution in [0.4, 0.5) is 0 Å². The lowest BCUT2D eigenvalue weighted by Gasteiger charge is -2.11. The Hall–Kier alpha value is -2.79. The summed E-state index contributed by atoms with van der Waals surface area (Å²) in [7, 11) is 0. The Morgan fingerprint density at radius 2 is 1.09 bits per heavy atom. The molecule has 2 aromatic heterocycles. The molecule has 4 nitrogen and oxygen atoms in total. The van der Waals surface area contributed by atoms with Crippen molar-refractivity contribution in [2.24, 2.45) is 0 Å². The number of nitrogens with zero attached hydrogens (tertiary/aromatic N) is 2. The third-order valence-electron chi connectivity index (χ3n) is 6.10. The number of fused-ring (bicyclic) bond motifs is 2. The fourth-order valence-corrected chi connectivity index (χ4v) is 5.18. The lowest BCUT2D eigenvalue weighted by Crippen LogP contribution is -1.97. The zero-order valence-electron chi connectivity index (χ0n) is 21.0. The topological polar surface area (TPSA) is 44.2 Å². The normalized spacial score (nSPS) is 11.3. The lowest BCUT2D eigenvalue weighted by atomic mass is 10.2. The largest absolute Gasteiger partial charge is 0.494 e. The van der Waals surface area contributed by atoms with Gasteiger partial charge in [-0.25, -0.2) is 0 Å². The highest BCUT2D eigenvalue weighted by atomic mass is 32.2. The van der Waals surface area contributed by atoms with Gasteiger partial charge in [0.2, 0.25) is 0 Å². The molecule has 0 fully saturated rings. The van der Waals surface area contributed by atoms with E-state index in [1.807, 2.05) is 24.5 Å². The van der Waals surface area contributed by atoms with Crippen LogP contribution in [0.1, 0.15) is 65.2 Å². The minimum Gasteiger partial charge on any atom is -0.494 e. The highest BCUT2D eigenvalue weighted by molar-refractivity contribution is 7.99. The van der Waals surface area contributed by atoms with Crippen LogP contribution in [0, 0.1) is 0 Å². The maximum absolute atomic E-state index is 5.97. The third-order valence-corrected chi connectivity index (χ3v) is 7.25. The molecule has 0 amide bonds. The molecule has 2 heterocycles. The summed E-state index contributed by atoms with van der Waals surface area (Å²) in [6.45, 7) is 5.96. The molecule has 35 heavy (non-hydrogen) atoms. The van der Waals surface area contributed by atoms with Gasteiger partial charge in [0.05, 0.1) is 24.2 Å². The average molecular weight is 489 g/mol. The molecule has 0 radical (unpaired) electrons. The molecule has 4 aromatic rings. The summed E-state index contributed by atoms with van der Waals surface area (Å²) in [5, 5.41) is 2.26. The van der Waals surface area contributed by atoms with Gasteiger partial charge in [-0.2, -0.15) is 0 Å². The second-order valence-corrected chi connectivity index (χ2v) is 9.98. The molecule has 4 rings (SSSR count). The van der Waals surface area contributed by atoms with Crippen LogP contribution in [0.2, 0.25) is 0 Å². The van der Waals surface area contributed by atoms with Gasteiger partial charge in [0.15, 0.2) is 0 Å². The van der Waals surface area contributed by atoms with Crippen LogP contribution < -0.4 is 9.47 Å². The smallest absolute Gasteiger partial charge is 0.121 e. The zero-order chi connectivity index (χ0) is 24.3. The molecule has 0 saturated heterocycles. The van der Waals surface area contributed by atoms with E-state index < -0.39 is 0 Å². The highest BCUT2D eigenvalue weighted by Crippen LogP contribution is 2.37.